The second-order valence-corrected chi connectivity index (χ2v) is 17.0. The molecule has 1 atom stereocenters. The van der Waals surface area contributed by atoms with E-state index in [1.807, 2.05) is 0 Å². The third-order valence-corrected chi connectivity index (χ3v) is 11.0. The molecule has 0 aromatic carbocycles. The largest absolute Gasteiger partial charge is 0.462 e. The van der Waals surface area contributed by atoms with Crippen molar-refractivity contribution in [1.29, 1.82) is 0 Å². The smallest absolute Gasteiger partial charge is 0.306 e. The summed E-state index contributed by atoms with van der Waals surface area (Å²) in [6, 6.07) is 0. The highest BCUT2D eigenvalue weighted by Crippen LogP contribution is 2.15. The second kappa shape index (κ2) is 50.5. The van der Waals surface area contributed by atoms with Crippen LogP contribution in [0.3, 0.4) is 0 Å². The number of hydrogen-bond donors (Lipinski definition) is 0. The first kappa shape index (κ1) is 58.9. The first-order chi connectivity index (χ1) is 30.5. The summed E-state index contributed by atoms with van der Waals surface area (Å²) < 4.78 is 16.7. The number of carbonyl (C=O) groups excluding carboxylic acids is 3. The lowest BCUT2D eigenvalue weighted by atomic mass is 10.0. The summed E-state index contributed by atoms with van der Waals surface area (Å²) in [5.41, 5.74) is 0. The highest BCUT2D eigenvalue weighted by atomic mass is 16.6. The molecule has 0 bridgehead atoms. The predicted molar refractivity (Wildman–Crippen MR) is 265 cm³/mol. The number of esters is 3. The Labute approximate surface area is 382 Å². The van der Waals surface area contributed by atoms with Crippen molar-refractivity contribution in [2.45, 2.75) is 252 Å². The Hall–Kier alpha value is -3.15. The number of allylic oxidation sites excluding steroid dienone is 12. The zero-order valence-corrected chi connectivity index (χ0v) is 40.6. The van der Waals surface area contributed by atoms with Gasteiger partial charge in [0.05, 0.1) is 0 Å². The minimum Gasteiger partial charge on any atom is -0.462 e. The van der Waals surface area contributed by atoms with Crippen LogP contribution in [0.15, 0.2) is 72.9 Å². The molecule has 1 unspecified atom stereocenters. The van der Waals surface area contributed by atoms with Gasteiger partial charge in [-0.25, -0.2) is 0 Å². The van der Waals surface area contributed by atoms with Crippen LogP contribution in [0.4, 0.5) is 0 Å². The van der Waals surface area contributed by atoms with Crippen LogP contribution in [-0.2, 0) is 28.6 Å². The molecule has 0 aromatic rings. The molecule has 62 heavy (non-hydrogen) atoms. The standard InChI is InChI=1S/C56H96O6/c1-4-7-10-13-16-19-22-25-26-27-28-29-32-34-37-40-43-46-49-55(58)61-52-53(62-56(59)50-47-44-41-38-35-31-24-21-18-15-12-9-6-3)51-60-54(57)48-45-42-39-36-33-30-23-20-17-14-11-8-5-2/h8-9,11-12,17-18,20-21,30-31,33,35,53H,4-7,10,13-16,19,22-29,32,34,36-52H2,1-3H3/b11-8-,12-9-,20-17-,21-18-,33-30-,35-31-. The van der Waals surface area contributed by atoms with Gasteiger partial charge in [0.25, 0.3) is 0 Å². The predicted octanol–water partition coefficient (Wildman–Crippen LogP) is 17.0. The Balaban J connectivity index is 4.40. The van der Waals surface area contributed by atoms with Crippen molar-refractivity contribution in [2.75, 3.05) is 13.2 Å². The quantitative estimate of drug-likeness (QED) is 0.0262. The third-order valence-electron chi connectivity index (χ3n) is 11.0. The van der Waals surface area contributed by atoms with E-state index < -0.39 is 6.10 Å². The van der Waals surface area contributed by atoms with Gasteiger partial charge >= 0.3 is 17.9 Å². The van der Waals surface area contributed by atoms with Crippen LogP contribution in [0.5, 0.6) is 0 Å². The van der Waals surface area contributed by atoms with Crippen molar-refractivity contribution >= 4 is 17.9 Å². The van der Waals surface area contributed by atoms with Gasteiger partial charge in [-0.15, -0.1) is 0 Å². The Kier molecular flexibility index (Phi) is 47.9. The van der Waals surface area contributed by atoms with E-state index in [0.717, 1.165) is 109 Å². The molecular weight excluding hydrogens is 769 g/mol. The van der Waals surface area contributed by atoms with Crippen molar-refractivity contribution in [3.05, 3.63) is 72.9 Å². The van der Waals surface area contributed by atoms with Gasteiger partial charge in [0.15, 0.2) is 6.10 Å². The Morgan fingerprint density at radius 1 is 0.339 bits per heavy atom. The van der Waals surface area contributed by atoms with E-state index in [1.165, 1.54) is 96.3 Å². The highest BCUT2D eigenvalue weighted by molar-refractivity contribution is 5.71. The average Bonchev–Trinajstić information content (AvgIpc) is 3.27. The Morgan fingerprint density at radius 3 is 0.984 bits per heavy atom. The summed E-state index contributed by atoms with van der Waals surface area (Å²) in [5, 5.41) is 0. The summed E-state index contributed by atoms with van der Waals surface area (Å²) >= 11 is 0. The molecule has 0 saturated carbocycles. The third kappa shape index (κ3) is 47.9. The number of rotatable bonds is 46. The van der Waals surface area contributed by atoms with Gasteiger partial charge in [-0.2, -0.15) is 0 Å². The van der Waals surface area contributed by atoms with E-state index in [1.54, 1.807) is 0 Å². The maximum absolute atomic E-state index is 12.8. The van der Waals surface area contributed by atoms with Crippen LogP contribution in [0.25, 0.3) is 0 Å². The lowest BCUT2D eigenvalue weighted by Gasteiger charge is -2.18. The SMILES string of the molecule is CC/C=C\C/C=C\C/C=C\CCCCCC(=O)OCC(COC(=O)CCCCCCCCCCCCCCCCCCCC)OC(=O)CCCCC/C=C\C/C=C\C/C=C\CC. The molecule has 0 aromatic heterocycles. The molecule has 0 fully saturated rings. The molecular formula is C56H96O6. The molecule has 0 aliphatic carbocycles. The summed E-state index contributed by atoms with van der Waals surface area (Å²) in [5.74, 6) is -0.953. The Bertz CT molecular complexity index is 1180. The van der Waals surface area contributed by atoms with Crippen LogP contribution in [0, 0.1) is 0 Å². The maximum Gasteiger partial charge on any atom is 0.306 e. The second-order valence-electron chi connectivity index (χ2n) is 17.0. The zero-order chi connectivity index (χ0) is 45.1. The molecule has 0 radical (unpaired) electrons. The molecule has 0 aliphatic heterocycles. The fourth-order valence-electron chi connectivity index (χ4n) is 7.12. The number of unbranched alkanes of at least 4 members (excludes halogenated alkanes) is 23. The first-order valence-electron chi connectivity index (χ1n) is 25.9. The van der Waals surface area contributed by atoms with Gasteiger partial charge in [-0.1, -0.05) is 216 Å². The van der Waals surface area contributed by atoms with Gasteiger partial charge in [-0.3, -0.25) is 14.4 Å². The number of ether oxygens (including phenoxy) is 3. The normalized spacial score (nSPS) is 12.6. The minimum atomic E-state index is -0.800. The molecule has 0 saturated heterocycles. The summed E-state index contributed by atoms with van der Waals surface area (Å²) in [4.78, 5) is 37.9. The minimum absolute atomic E-state index is 0.0952. The monoisotopic (exact) mass is 865 g/mol. The van der Waals surface area contributed by atoms with E-state index in [2.05, 4.69) is 93.7 Å². The maximum atomic E-state index is 12.8. The van der Waals surface area contributed by atoms with Crippen molar-refractivity contribution < 1.29 is 28.6 Å². The molecule has 0 spiro atoms. The van der Waals surface area contributed by atoms with Gasteiger partial charge in [0, 0.05) is 19.3 Å². The van der Waals surface area contributed by atoms with Crippen LogP contribution < -0.4 is 0 Å². The van der Waals surface area contributed by atoms with Gasteiger partial charge in [0.2, 0.25) is 0 Å². The van der Waals surface area contributed by atoms with E-state index in [-0.39, 0.29) is 37.5 Å². The van der Waals surface area contributed by atoms with Crippen LogP contribution in [-0.4, -0.2) is 37.2 Å². The van der Waals surface area contributed by atoms with Gasteiger partial charge < -0.3 is 14.2 Å². The topological polar surface area (TPSA) is 78.9 Å². The molecule has 0 heterocycles. The fourth-order valence-corrected chi connectivity index (χ4v) is 7.12. The van der Waals surface area contributed by atoms with E-state index in [0.29, 0.717) is 12.8 Å². The molecule has 356 valence electrons. The average molecular weight is 865 g/mol. The summed E-state index contributed by atoms with van der Waals surface area (Å²) in [7, 11) is 0. The van der Waals surface area contributed by atoms with Crippen LogP contribution in [0.1, 0.15) is 245 Å². The van der Waals surface area contributed by atoms with Gasteiger partial charge in [0.1, 0.15) is 13.2 Å². The molecule has 0 amide bonds. The molecule has 0 aliphatic rings. The number of hydrogen-bond acceptors (Lipinski definition) is 6. The van der Waals surface area contributed by atoms with E-state index in [4.69, 9.17) is 14.2 Å². The lowest BCUT2D eigenvalue weighted by molar-refractivity contribution is -0.167. The van der Waals surface area contributed by atoms with Crippen molar-refractivity contribution in [1.82, 2.24) is 0 Å². The molecule has 6 nitrogen and oxygen atoms in total. The molecule has 0 rings (SSSR count). The Morgan fingerprint density at radius 2 is 0.629 bits per heavy atom. The van der Waals surface area contributed by atoms with Crippen molar-refractivity contribution in [2.24, 2.45) is 0 Å². The van der Waals surface area contributed by atoms with Crippen molar-refractivity contribution in [3.8, 4) is 0 Å². The number of carbonyl (C=O) groups is 3. The summed E-state index contributed by atoms with van der Waals surface area (Å²) in [6.07, 6.45) is 63.2. The van der Waals surface area contributed by atoms with Crippen molar-refractivity contribution in [3.63, 3.8) is 0 Å². The fraction of sp³-hybridized carbons (Fsp3) is 0.732. The molecule has 0 N–H and O–H groups in total. The van der Waals surface area contributed by atoms with E-state index >= 15 is 0 Å². The summed E-state index contributed by atoms with van der Waals surface area (Å²) in [6.45, 7) is 6.37. The van der Waals surface area contributed by atoms with Gasteiger partial charge in [-0.05, 0) is 83.5 Å². The highest BCUT2D eigenvalue weighted by Gasteiger charge is 2.19. The zero-order valence-electron chi connectivity index (χ0n) is 40.6. The van der Waals surface area contributed by atoms with Crippen LogP contribution in [0.2, 0.25) is 0 Å². The first-order valence-corrected chi connectivity index (χ1v) is 25.9. The molecule has 6 heteroatoms. The van der Waals surface area contributed by atoms with E-state index in [9.17, 15) is 14.4 Å². The van der Waals surface area contributed by atoms with Crippen LogP contribution >= 0.6 is 0 Å². The lowest BCUT2D eigenvalue weighted by Crippen LogP contribution is -2.30.